The molecule has 0 aromatic heterocycles. The van der Waals surface area contributed by atoms with Crippen molar-refractivity contribution in [1.29, 1.82) is 0 Å². The molecule has 0 aliphatic heterocycles. The Morgan fingerprint density at radius 3 is 2.33 bits per heavy atom. The molecule has 0 heterocycles. The molecule has 3 radical (unpaired) electrons. The van der Waals surface area contributed by atoms with Crippen molar-refractivity contribution in [2.45, 2.75) is 20.8 Å². The molecular weight excluding hydrogens is 160 g/mol. The maximum Gasteiger partial charge on any atom is 0.147 e. The maximum absolute atomic E-state index is 3.15. The Morgan fingerprint density at radius 1 is 1.08 bits per heavy atom. The van der Waals surface area contributed by atoms with E-state index in [2.05, 4.69) is 54.6 Å². The molecule has 1 aromatic carbocycles. The largest absolute Gasteiger partial charge is 0.147 e. The zero-order valence-electron chi connectivity index (χ0n) is 7.65. The lowest BCUT2D eigenvalue weighted by molar-refractivity contribution is 1.25. The molecule has 0 spiro atoms. The van der Waals surface area contributed by atoms with E-state index in [0.717, 1.165) is 5.56 Å². The van der Waals surface area contributed by atoms with Crippen LogP contribution in [-0.4, -0.2) is 10.2 Å². The third kappa shape index (κ3) is 1.59. The molecule has 0 bridgehead atoms. The van der Waals surface area contributed by atoms with Crippen LogP contribution in [0.1, 0.15) is 22.3 Å². The molecule has 59 valence electrons. The van der Waals surface area contributed by atoms with Crippen LogP contribution in [0.15, 0.2) is 12.1 Å². The maximum atomic E-state index is 3.15. The van der Waals surface area contributed by atoms with Gasteiger partial charge >= 0.3 is 0 Å². The minimum absolute atomic E-state index is 1.10. The van der Waals surface area contributed by atoms with Gasteiger partial charge in [0.1, 0.15) is 10.2 Å². The van der Waals surface area contributed by atoms with E-state index < -0.39 is 0 Å². The fourth-order valence-electron chi connectivity index (χ4n) is 1.16. The lowest BCUT2D eigenvalue weighted by Gasteiger charge is -2.05. The van der Waals surface area contributed by atoms with Crippen LogP contribution in [0.3, 0.4) is 0 Å². The van der Waals surface area contributed by atoms with Crippen molar-refractivity contribution < 1.29 is 0 Å². The Balaban J connectivity index is 3.33. The lowest BCUT2D eigenvalue weighted by atomic mass is 9.99. The summed E-state index contributed by atoms with van der Waals surface area (Å²) in [6.45, 7) is 6.35. The zero-order valence-corrected chi connectivity index (χ0v) is 8.65. The average Bonchev–Trinajstić information content (AvgIpc) is 2.07. The summed E-state index contributed by atoms with van der Waals surface area (Å²) in [5.74, 6) is 3.01. The van der Waals surface area contributed by atoms with E-state index in [-0.39, 0.29) is 0 Å². The van der Waals surface area contributed by atoms with E-state index in [4.69, 9.17) is 0 Å². The van der Waals surface area contributed by atoms with Crippen LogP contribution in [0.4, 0.5) is 0 Å². The molecule has 1 rings (SSSR count). The van der Waals surface area contributed by atoms with Gasteiger partial charge in [-0.2, -0.15) is 0 Å². The van der Waals surface area contributed by atoms with E-state index in [0.29, 0.717) is 0 Å². The summed E-state index contributed by atoms with van der Waals surface area (Å²) in [7, 11) is 3.15. The number of rotatable bonds is 0. The monoisotopic (exact) mass is 171 g/mol. The average molecular weight is 171 g/mol. The summed E-state index contributed by atoms with van der Waals surface area (Å²) in [6.07, 6.45) is 0. The molecule has 0 atom stereocenters. The van der Waals surface area contributed by atoms with E-state index in [1.54, 1.807) is 0 Å². The third-order valence-corrected chi connectivity index (χ3v) is 2.38. The highest BCUT2D eigenvalue weighted by molar-refractivity contribution is 6.22. The van der Waals surface area contributed by atoms with Gasteiger partial charge in [-0.05, 0) is 43.5 Å². The van der Waals surface area contributed by atoms with Gasteiger partial charge in [0, 0.05) is 5.56 Å². The van der Waals surface area contributed by atoms with Gasteiger partial charge in [0.25, 0.3) is 0 Å². The summed E-state index contributed by atoms with van der Waals surface area (Å²) in [6, 6.07) is 4.17. The Labute approximate surface area is 77.4 Å². The van der Waals surface area contributed by atoms with E-state index in [9.17, 15) is 0 Å². The highest BCUT2D eigenvalue weighted by Gasteiger charge is 1.99. The van der Waals surface area contributed by atoms with Crippen molar-refractivity contribution in [1.82, 2.24) is 0 Å². The van der Waals surface area contributed by atoms with Crippen molar-refractivity contribution >= 4 is 10.2 Å². The SMILES string of the molecule is Cc1ccc(C#C[Si])c(C)c1C. The minimum Gasteiger partial charge on any atom is -0.133 e. The van der Waals surface area contributed by atoms with Gasteiger partial charge in [-0.1, -0.05) is 12.0 Å². The van der Waals surface area contributed by atoms with Crippen LogP contribution in [0.25, 0.3) is 0 Å². The molecule has 0 unspecified atom stereocenters. The van der Waals surface area contributed by atoms with Crippen LogP contribution in [0.5, 0.6) is 0 Å². The van der Waals surface area contributed by atoms with Gasteiger partial charge in [0.05, 0.1) is 0 Å². The van der Waals surface area contributed by atoms with Gasteiger partial charge in [-0.3, -0.25) is 0 Å². The van der Waals surface area contributed by atoms with Gasteiger partial charge in [0.2, 0.25) is 0 Å². The number of aryl methyl sites for hydroxylation is 1. The first-order chi connectivity index (χ1) is 5.66. The van der Waals surface area contributed by atoms with Gasteiger partial charge in [-0.15, -0.1) is 5.54 Å². The molecule has 1 heteroatoms. The quantitative estimate of drug-likeness (QED) is 0.414. The first-order valence-electron chi connectivity index (χ1n) is 3.91. The van der Waals surface area contributed by atoms with Crippen LogP contribution in [0, 0.1) is 32.2 Å². The van der Waals surface area contributed by atoms with E-state index in [1.807, 2.05) is 0 Å². The molecule has 0 fully saturated rings. The van der Waals surface area contributed by atoms with Gasteiger partial charge in [0.15, 0.2) is 0 Å². The van der Waals surface area contributed by atoms with Gasteiger partial charge in [-0.25, -0.2) is 0 Å². The predicted molar refractivity (Wildman–Crippen MR) is 53.3 cm³/mol. The van der Waals surface area contributed by atoms with Crippen molar-refractivity contribution in [2.75, 3.05) is 0 Å². The fourth-order valence-corrected chi connectivity index (χ4v) is 1.29. The molecule has 0 aliphatic rings. The van der Waals surface area contributed by atoms with Crippen LogP contribution in [-0.2, 0) is 0 Å². The number of benzene rings is 1. The molecule has 0 nitrogen and oxygen atoms in total. The first kappa shape index (κ1) is 9.09. The second kappa shape index (κ2) is 3.60. The summed E-state index contributed by atoms with van der Waals surface area (Å²) in [4.78, 5) is 0. The summed E-state index contributed by atoms with van der Waals surface area (Å²) < 4.78 is 0. The fraction of sp³-hybridized carbons (Fsp3) is 0.273. The molecule has 0 amide bonds. The second-order valence-electron chi connectivity index (χ2n) is 2.93. The smallest absolute Gasteiger partial charge is 0.133 e. The molecular formula is C11H11Si. The Morgan fingerprint density at radius 2 is 1.75 bits per heavy atom. The van der Waals surface area contributed by atoms with Crippen molar-refractivity contribution in [3.63, 3.8) is 0 Å². The molecule has 0 aliphatic carbocycles. The van der Waals surface area contributed by atoms with Crippen molar-refractivity contribution in [3.05, 3.63) is 34.4 Å². The van der Waals surface area contributed by atoms with Gasteiger partial charge < -0.3 is 0 Å². The molecule has 0 saturated carbocycles. The van der Waals surface area contributed by atoms with E-state index in [1.165, 1.54) is 16.7 Å². The summed E-state index contributed by atoms with van der Waals surface area (Å²) in [5, 5.41) is 0. The van der Waals surface area contributed by atoms with E-state index >= 15 is 0 Å². The highest BCUT2D eigenvalue weighted by Crippen LogP contribution is 2.15. The van der Waals surface area contributed by atoms with Crippen LogP contribution < -0.4 is 0 Å². The number of hydrogen-bond acceptors (Lipinski definition) is 0. The number of hydrogen-bond donors (Lipinski definition) is 0. The highest BCUT2D eigenvalue weighted by atomic mass is 28.1. The molecule has 12 heavy (non-hydrogen) atoms. The zero-order chi connectivity index (χ0) is 9.14. The Kier molecular flexibility index (Phi) is 2.72. The van der Waals surface area contributed by atoms with Crippen molar-refractivity contribution in [3.8, 4) is 11.5 Å². The lowest BCUT2D eigenvalue weighted by Crippen LogP contribution is -1.90. The van der Waals surface area contributed by atoms with Crippen LogP contribution in [0.2, 0.25) is 0 Å². The first-order valence-corrected chi connectivity index (χ1v) is 4.41. The Bertz CT molecular complexity index is 353. The second-order valence-corrected chi connectivity index (χ2v) is 3.18. The standard InChI is InChI=1S/C11H11Si/c1-8-4-5-11(6-7-12)10(3)9(8)2/h4-5H,1-3H3. The van der Waals surface area contributed by atoms with Crippen molar-refractivity contribution in [2.24, 2.45) is 0 Å². The topological polar surface area (TPSA) is 0 Å². The molecule has 1 aromatic rings. The Hall–Kier alpha value is -1.00. The minimum atomic E-state index is 1.10. The molecule has 0 saturated heterocycles. The molecule has 0 N–H and O–H groups in total. The normalized spacial score (nSPS) is 9.00. The van der Waals surface area contributed by atoms with Crippen LogP contribution >= 0.6 is 0 Å². The third-order valence-electron chi connectivity index (χ3n) is 2.26. The summed E-state index contributed by atoms with van der Waals surface area (Å²) >= 11 is 0. The summed E-state index contributed by atoms with van der Waals surface area (Å²) in [5.41, 5.74) is 7.77. The predicted octanol–water partition coefficient (Wildman–Crippen LogP) is 2.09.